The summed E-state index contributed by atoms with van der Waals surface area (Å²) < 4.78 is 68.9. The first-order valence-electron chi connectivity index (χ1n) is 14.0. The Kier molecular flexibility index (Phi) is 10.2. The van der Waals surface area contributed by atoms with Crippen molar-refractivity contribution in [3.63, 3.8) is 0 Å². The second-order valence-corrected chi connectivity index (χ2v) is 12.2. The highest BCUT2D eigenvalue weighted by molar-refractivity contribution is 7.84. The number of amides is 1. The maximum Gasteiger partial charge on any atom is 0.573 e. The third-order valence-corrected chi connectivity index (χ3v) is 8.78. The summed E-state index contributed by atoms with van der Waals surface area (Å²) in [5, 5.41) is 11.6. The van der Waals surface area contributed by atoms with E-state index in [0.29, 0.717) is 30.2 Å². The van der Waals surface area contributed by atoms with Gasteiger partial charge in [0.25, 0.3) is 5.91 Å². The molecule has 1 fully saturated rings. The van der Waals surface area contributed by atoms with Crippen LogP contribution in [-0.4, -0.2) is 75.5 Å². The Morgan fingerprint density at radius 1 is 1.16 bits per heavy atom. The quantitative estimate of drug-likeness (QED) is 0.291. The van der Waals surface area contributed by atoms with Gasteiger partial charge in [0.2, 0.25) is 11.5 Å². The molecule has 1 saturated heterocycles. The lowest BCUT2D eigenvalue weighted by molar-refractivity contribution is -0.274. The van der Waals surface area contributed by atoms with Gasteiger partial charge < -0.3 is 28.8 Å². The first-order valence-corrected chi connectivity index (χ1v) is 15.7. The molecule has 44 heavy (non-hydrogen) atoms. The van der Waals surface area contributed by atoms with E-state index in [1.807, 2.05) is 0 Å². The van der Waals surface area contributed by atoms with Crippen LogP contribution >= 0.6 is 11.6 Å². The van der Waals surface area contributed by atoms with Gasteiger partial charge in [-0.2, -0.15) is 0 Å². The van der Waals surface area contributed by atoms with Gasteiger partial charge in [0.15, 0.2) is 17.8 Å². The molecule has 2 aliphatic heterocycles. The van der Waals surface area contributed by atoms with Crippen molar-refractivity contribution < 1.29 is 41.5 Å². The van der Waals surface area contributed by atoms with Crippen molar-refractivity contribution in [3.8, 4) is 5.75 Å². The molecule has 3 aromatic rings. The van der Waals surface area contributed by atoms with E-state index >= 15 is 0 Å². The Balaban J connectivity index is 1.41. The van der Waals surface area contributed by atoms with Crippen molar-refractivity contribution in [1.29, 1.82) is 0 Å². The summed E-state index contributed by atoms with van der Waals surface area (Å²) in [6.45, 7) is 1.25. The number of aromatic nitrogens is 2. The maximum atomic E-state index is 13.9. The smallest absolute Gasteiger partial charge is 0.406 e. The number of alkyl halides is 3. The second-order valence-electron chi connectivity index (χ2n) is 10.4. The van der Waals surface area contributed by atoms with Crippen LogP contribution < -0.4 is 9.64 Å². The van der Waals surface area contributed by atoms with Gasteiger partial charge in [-0.25, -0.2) is 4.98 Å². The van der Waals surface area contributed by atoms with Crippen molar-refractivity contribution in [1.82, 2.24) is 14.5 Å². The van der Waals surface area contributed by atoms with Crippen LogP contribution in [0.15, 0.2) is 53.7 Å². The monoisotopic (exact) mass is 656 g/mol. The van der Waals surface area contributed by atoms with Crippen LogP contribution in [0.5, 0.6) is 5.75 Å². The number of fused-ring (bicyclic) bond motifs is 1. The lowest BCUT2D eigenvalue weighted by Gasteiger charge is -2.38. The van der Waals surface area contributed by atoms with Crippen LogP contribution in [-0.2, 0) is 32.6 Å². The summed E-state index contributed by atoms with van der Waals surface area (Å²) in [4.78, 5) is 21.1. The lowest BCUT2D eigenvalue weighted by atomic mass is 10.2. The molecule has 3 unspecified atom stereocenters. The van der Waals surface area contributed by atoms with Gasteiger partial charge in [-0.05, 0) is 61.1 Å². The SMILES string of the molecule is CN1c2nc(S(=O)Cc3cccc(OC(F)(F)F)c3)n(Cc3ccc(Cl)cc3)c2C(=O)N(CCCOC2CCCCO2)C1O. The number of carbonyl (C=O) groups excluding carboxylic acids is 1. The minimum atomic E-state index is -4.88. The number of aliphatic hydroxyl groups excluding tert-OH is 1. The summed E-state index contributed by atoms with van der Waals surface area (Å²) in [7, 11) is -0.337. The molecule has 15 heteroatoms. The Morgan fingerprint density at radius 3 is 2.64 bits per heavy atom. The minimum absolute atomic E-state index is 0.0270. The number of ether oxygens (including phenoxy) is 3. The Morgan fingerprint density at radius 2 is 1.93 bits per heavy atom. The van der Waals surface area contributed by atoms with E-state index in [1.165, 1.54) is 26.5 Å². The van der Waals surface area contributed by atoms with Crippen LogP contribution in [0, 0.1) is 0 Å². The summed E-state index contributed by atoms with van der Waals surface area (Å²) in [5.41, 5.74) is 1.18. The largest absolute Gasteiger partial charge is 0.573 e. The zero-order valence-corrected chi connectivity index (χ0v) is 25.4. The molecule has 1 aromatic heterocycles. The number of anilines is 1. The highest BCUT2D eigenvalue weighted by atomic mass is 35.5. The predicted molar refractivity (Wildman–Crippen MR) is 156 cm³/mol. The van der Waals surface area contributed by atoms with Crippen molar-refractivity contribution in [2.75, 3.05) is 31.7 Å². The van der Waals surface area contributed by atoms with Crippen molar-refractivity contribution >= 4 is 34.1 Å². The average Bonchev–Trinajstić information content (AvgIpc) is 3.36. The number of imidazole rings is 1. The first-order chi connectivity index (χ1) is 21.0. The molecule has 2 aliphatic rings. The van der Waals surface area contributed by atoms with E-state index in [0.717, 1.165) is 37.0 Å². The summed E-state index contributed by atoms with van der Waals surface area (Å²) in [5.74, 6) is -1.01. The van der Waals surface area contributed by atoms with Crippen LogP contribution in [0.4, 0.5) is 19.0 Å². The van der Waals surface area contributed by atoms with Gasteiger partial charge in [0, 0.05) is 25.2 Å². The minimum Gasteiger partial charge on any atom is -0.406 e. The van der Waals surface area contributed by atoms with Gasteiger partial charge in [-0.15, -0.1) is 13.2 Å². The molecule has 1 amide bonds. The van der Waals surface area contributed by atoms with Crippen LogP contribution in [0.1, 0.15) is 47.3 Å². The molecule has 2 aromatic carbocycles. The van der Waals surface area contributed by atoms with Crippen LogP contribution in [0.2, 0.25) is 5.02 Å². The standard InChI is InChI=1S/C29H32ClF3N4O6S/c1-35-25-24(26(38)36(28(35)39)13-5-15-42-23-8-2-3-14-41-23)37(17-19-9-11-21(30)12-10-19)27(34-25)44(40)18-20-6-4-7-22(16-20)43-29(31,32)33/h4,6-7,9-12,16,23,28,39H,2-3,5,8,13-15,17-18H2,1H3. The molecule has 3 atom stereocenters. The van der Waals surface area contributed by atoms with Crippen molar-refractivity contribution in [3.05, 3.63) is 70.4 Å². The first kappa shape index (κ1) is 32.2. The van der Waals surface area contributed by atoms with Gasteiger partial charge in [0.05, 0.1) is 29.7 Å². The molecule has 10 nitrogen and oxygen atoms in total. The fourth-order valence-corrected chi connectivity index (χ4v) is 6.41. The molecule has 0 spiro atoms. The van der Waals surface area contributed by atoms with Gasteiger partial charge in [-0.1, -0.05) is 35.9 Å². The predicted octanol–water partition coefficient (Wildman–Crippen LogP) is 4.89. The van der Waals surface area contributed by atoms with E-state index in [-0.39, 0.29) is 41.8 Å². The Labute approximate surface area is 259 Å². The van der Waals surface area contributed by atoms with Crippen LogP contribution in [0.3, 0.4) is 0 Å². The molecule has 3 heterocycles. The number of carbonyl (C=O) groups is 1. The number of benzene rings is 2. The Bertz CT molecular complexity index is 1480. The third-order valence-electron chi connectivity index (χ3n) is 7.21. The Hall–Kier alpha value is -3.17. The number of hydrogen-bond acceptors (Lipinski definition) is 8. The van der Waals surface area contributed by atoms with Crippen molar-refractivity contribution in [2.45, 2.75) is 62.1 Å². The summed E-state index contributed by atoms with van der Waals surface area (Å²) >= 11 is 6.06. The second kappa shape index (κ2) is 13.9. The van der Waals surface area contributed by atoms with Gasteiger partial charge in [0.1, 0.15) is 5.75 Å². The molecule has 0 radical (unpaired) electrons. The zero-order valence-electron chi connectivity index (χ0n) is 23.8. The molecular formula is C29H32ClF3N4O6S. The zero-order chi connectivity index (χ0) is 31.4. The van der Waals surface area contributed by atoms with E-state index in [4.69, 9.17) is 21.1 Å². The van der Waals surface area contributed by atoms with E-state index in [9.17, 15) is 27.3 Å². The van der Waals surface area contributed by atoms with Crippen molar-refractivity contribution in [2.24, 2.45) is 0 Å². The highest BCUT2D eigenvalue weighted by Gasteiger charge is 2.40. The van der Waals surface area contributed by atoms with E-state index < -0.39 is 35.2 Å². The van der Waals surface area contributed by atoms with E-state index in [2.05, 4.69) is 9.72 Å². The maximum absolute atomic E-state index is 13.9. The normalized spacial score (nSPS) is 19.6. The molecule has 5 rings (SSSR count). The number of halogens is 4. The van der Waals surface area contributed by atoms with Gasteiger partial charge in [-0.3, -0.25) is 13.9 Å². The molecule has 0 saturated carbocycles. The third kappa shape index (κ3) is 7.72. The molecule has 238 valence electrons. The molecule has 1 N–H and O–H groups in total. The molecular weight excluding hydrogens is 625 g/mol. The fourth-order valence-electron chi connectivity index (χ4n) is 5.09. The van der Waals surface area contributed by atoms with Gasteiger partial charge >= 0.3 is 6.36 Å². The fraction of sp³-hybridized carbons (Fsp3) is 0.448. The number of hydrogen-bond donors (Lipinski definition) is 1. The topological polar surface area (TPSA) is 106 Å². The van der Waals surface area contributed by atoms with Crippen LogP contribution in [0.25, 0.3) is 0 Å². The van der Waals surface area contributed by atoms with E-state index in [1.54, 1.807) is 31.3 Å². The summed E-state index contributed by atoms with van der Waals surface area (Å²) in [6, 6.07) is 12.1. The number of aliphatic hydroxyl groups is 1. The lowest BCUT2D eigenvalue weighted by Crippen LogP contribution is -2.54. The highest BCUT2D eigenvalue weighted by Crippen LogP contribution is 2.33. The molecule has 0 bridgehead atoms. The molecule has 0 aliphatic carbocycles. The summed E-state index contributed by atoms with van der Waals surface area (Å²) in [6.07, 6.45) is -3.23. The number of rotatable bonds is 11. The average molecular weight is 657 g/mol. The number of nitrogens with zero attached hydrogens (tertiary/aromatic N) is 4.